The summed E-state index contributed by atoms with van der Waals surface area (Å²) in [5.74, 6) is -1.21. The highest BCUT2D eigenvalue weighted by atomic mass is 32.2. The predicted octanol–water partition coefficient (Wildman–Crippen LogP) is 6.83. The van der Waals surface area contributed by atoms with E-state index < -0.39 is 27.9 Å². The van der Waals surface area contributed by atoms with E-state index in [1.165, 1.54) is 34.6 Å². The lowest BCUT2D eigenvalue weighted by molar-refractivity contribution is -0.138. The average Bonchev–Trinajstić information content (AvgIpc) is 3.36. The zero-order valence-electron chi connectivity index (χ0n) is 22.1. The molecule has 0 bridgehead atoms. The second kappa shape index (κ2) is 11.3. The summed E-state index contributed by atoms with van der Waals surface area (Å²) in [6, 6.07) is 29.8. The van der Waals surface area contributed by atoms with Crippen LogP contribution in [0.5, 0.6) is 0 Å². The topological polar surface area (TPSA) is 63.7 Å². The molecular formula is C33H28FNO4S. The lowest BCUT2D eigenvalue weighted by atomic mass is 9.96. The standard InChI is InChI=1S/C33H28FNO4S/c1-3-39-33(36)29-22-30(31(24-11-6-4-7-12-24)25-13-8-5-9-14-25)35(32(29)26-15-10-16-27(34)21-26)40(37,38)28-19-17-23(2)18-20-28/h4-22,32H,3H2,1-2H3. The maximum Gasteiger partial charge on any atom is 0.336 e. The summed E-state index contributed by atoms with van der Waals surface area (Å²) in [4.78, 5) is 13.4. The van der Waals surface area contributed by atoms with Crippen molar-refractivity contribution in [1.82, 2.24) is 4.31 Å². The molecule has 4 aromatic rings. The minimum Gasteiger partial charge on any atom is -0.463 e. The van der Waals surface area contributed by atoms with E-state index in [9.17, 15) is 17.6 Å². The van der Waals surface area contributed by atoms with E-state index in [2.05, 4.69) is 0 Å². The van der Waals surface area contributed by atoms with Gasteiger partial charge in [-0.1, -0.05) is 90.5 Å². The van der Waals surface area contributed by atoms with Crippen molar-refractivity contribution in [2.24, 2.45) is 0 Å². The number of benzene rings is 4. The van der Waals surface area contributed by atoms with Crippen molar-refractivity contribution in [3.8, 4) is 0 Å². The first-order chi connectivity index (χ1) is 19.3. The second-order valence-corrected chi connectivity index (χ2v) is 11.2. The molecule has 0 aromatic heterocycles. The fraction of sp³-hybridized carbons (Fsp3) is 0.121. The van der Waals surface area contributed by atoms with Crippen molar-refractivity contribution in [1.29, 1.82) is 0 Å². The number of carbonyl (C=O) groups excluding carboxylic acids is 1. The van der Waals surface area contributed by atoms with Gasteiger partial charge < -0.3 is 4.74 Å². The molecule has 1 unspecified atom stereocenters. The fourth-order valence-corrected chi connectivity index (χ4v) is 6.50. The number of rotatable bonds is 7. The molecule has 7 heteroatoms. The lowest BCUT2D eigenvalue weighted by Crippen LogP contribution is -2.33. The van der Waals surface area contributed by atoms with Crippen LogP contribution in [0, 0.1) is 12.7 Å². The van der Waals surface area contributed by atoms with E-state index >= 15 is 0 Å². The first-order valence-electron chi connectivity index (χ1n) is 12.9. The normalized spacial score (nSPS) is 15.1. The molecule has 0 saturated heterocycles. The number of nitrogens with zero attached hydrogens (tertiary/aromatic N) is 1. The molecule has 0 fully saturated rings. The SMILES string of the molecule is CCOC(=O)C1=CC(=C(c2ccccc2)c2ccccc2)N(S(=O)(=O)c2ccc(C)cc2)C1c1cccc(F)c1. The molecule has 0 radical (unpaired) electrons. The third-order valence-electron chi connectivity index (χ3n) is 6.69. The Bertz CT molecular complexity index is 1660. The highest BCUT2D eigenvalue weighted by Gasteiger charge is 2.44. The number of esters is 1. The maximum absolute atomic E-state index is 14.6. The van der Waals surface area contributed by atoms with Crippen molar-refractivity contribution in [2.45, 2.75) is 24.8 Å². The Hall–Kier alpha value is -4.49. The van der Waals surface area contributed by atoms with Gasteiger partial charge in [-0.05, 0) is 60.9 Å². The van der Waals surface area contributed by atoms with Gasteiger partial charge >= 0.3 is 5.97 Å². The van der Waals surface area contributed by atoms with Gasteiger partial charge in [0.05, 0.1) is 22.8 Å². The number of allylic oxidation sites excluding steroid dienone is 1. The molecule has 4 aromatic carbocycles. The van der Waals surface area contributed by atoms with Crippen molar-refractivity contribution in [3.63, 3.8) is 0 Å². The molecule has 40 heavy (non-hydrogen) atoms. The van der Waals surface area contributed by atoms with Gasteiger partial charge in [0, 0.05) is 5.57 Å². The summed E-state index contributed by atoms with van der Waals surface area (Å²) >= 11 is 0. The Kier molecular flexibility index (Phi) is 7.67. The number of aryl methyl sites for hydroxylation is 1. The molecule has 5 nitrogen and oxygen atoms in total. The van der Waals surface area contributed by atoms with Gasteiger partial charge in [0.15, 0.2) is 0 Å². The van der Waals surface area contributed by atoms with Crippen LogP contribution in [0.25, 0.3) is 5.57 Å². The van der Waals surface area contributed by atoms with Crippen LogP contribution in [-0.2, 0) is 19.6 Å². The third-order valence-corrected chi connectivity index (χ3v) is 8.49. The number of carbonyl (C=O) groups is 1. The molecule has 0 saturated carbocycles. The first-order valence-corrected chi connectivity index (χ1v) is 14.4. The molecule has 1 aliphatic heterocycles. The van der Waals surface area contributed by atoms with Crippen LogP contribution in [-0.4, -0.2) is 25.3 Å². The van der Waals surface area contributed by atoms with Gasteiger partial charge in [-0.2, -0.15) is 0 Å². The fourth-order valence-electron chi connectivity index (χ4n) is 4.88. The number of sulfonamides is 1. The Balaban J connectivity index is 1.88. The Morgan fingerprint density at radius 2 is 1.45 bits per heavy atom. The smallest absolute Gasteiger partial charge is 0.336 e. The van der Waals surface area contributed by atoms with Gasteiger partial charge in [-0.15, -0.1) is 0 Å². The number of ether oxygens (including phenoxy) is 1. The second-order valence-electron chi connectivity index (χ2n) is 9.38. The Morgan fingerprint density at radius 3 is 2.00 bits per heavy atom. The Morgan fingerprint density at radius 1 is 0.850 bits per heavy atom. The van der Waals surface area contributed by atoms with Crippen molar-refractivity contribution in [3.05, 3.63) is 155 Å². The number of hydrogen-bond donors (Lipinski definition) is 0. The van der Waals surface area contributed by atoms with Crippen molar-refractivity contribution < 1.29 is 22.3 Å². The van der Waals surface area contributed by atoms with Crippen LogP contribution in [0.4, 0.5) is 4.39 Å². The largest absolute Gasteiger partial charge is 0.463 e. The molecular weight excluding hydrogens is 525 g/mol. The number of hydrogen-bond acceptors (Lipinski definition) is 4. The van der Waals surface area contributed by atoms with E-state index in [0.717, 1.165) is 16.7 Å². The third kappa shape index (κ3) is 5.20. The lowest BCUT2D eigenvalue weighted by Gasteiger charge is -2.31. The minimum atomic E-state index is -4.26. The quantitative estimate of drug-likeness (QED) is 0.235. The van der Waals surface area contributed by atoms with Crippen molar-refractivity contribution >= 4 is 21.6 Å². The summed E-state index contributed by atoms with van der Waals surface area (Å²) in [6.07, 6.45) is 1.56. The summed E-state index contributed by atoms with van der Waals surface area (Å²) in [6.45, 7) is 3.65. The minimum absolute atomic E-state index is 0.0518. The van der Waals surface area contributed by atoms with E-state index in [0.29, 0.717) is 11.1 Å². The molecule has 1 atom stereocenters. The highest BCUT2D eigenvalue weighted by Crippen LogP contribution is 2.47. The number of halogens is 1. The van der Waals surface area contributed by atoms with Crippen molar-refractivity contribution in [2.75, 3.05) is 6.61 Å². The molecule has 5 rings (SSSR count). The van der Waals surface area contributed by atoms with Gasteiger partial charge in [-0.25, -0.2) is 17.6 Å². The van der Waals surface area contributed by atoms with E-state index in [4.69, 9.17) is 4.74 Å². The summed E-state index contributed by atoms with van der Waals surface area (Å²) in [5.41, 5.74) is 3.72. The predicted molar refractivity (Wildman–Crippen MR) is 153 cm³/mol. The molecule has 202 valence electrons. The molecule has 0 aliphatic carbocycles. The van der Waals surface area contributed by atoms with Gasteiger partial charge in [0.1, 0.15) is 11.9 Å². The summed E-state index contributed by atoms with van der Waals surface area (Å²) in [5, 5.41) is 0. The zero-order chi connectivity index (χ0) is 28.3. The molecule has 0 amide bonds. The molecule has 0 N–H and O–H groups in total. The van der Waals surface area contributed by atoms with Crippen LogP contribution >= 0.6 is 0 Å². The van der Waals surface area contributed by atoms with E-state index in [-0.39, 0.29) is 22.8 Å². The molecule has 1 aliphatic rings. The monoisotopic (exact) mass is 553 g/mol. The average molecular weight is 554 g/mol. The summed E-state index contributed by atoms with van der Waals surface area (Å²) < 4.78 is 50.2. The van der Waals surface area contributed by atoms with E-state index in [1.54, 1.807) is 31.2 Å². The van der Waals surface area contributed by atoms with Gasteiger partial charge in [-0.3, -0.25) is 4.31 Å². The Labute approximate surface area is 233 Å². The van der Waals surface area contributed by atoms with Gasteiger partial charge in [0.2, 0.25) is 0 Å². The summed E-state index contributed by atoms with van der Waals surface area (Å²) in [7, 11) is -4.26. The van der Waals surface area contributed by atoms with E-state index in [1.807, 2.05) is 67.6 Å². The van der Waals surface area contributed by atoms with Gasteiger partial charge in [0.25, 0.3) is 10.0 Å². The van der Waals surface area contributed by atoms with Crippen LogP contribution in [0.2, 0.25) is 0 Å². The van der Waals surface area contributed by atoms with Crippen LogP contribution in [0.15, 0.2) is 131 Å². The maximum atomic E-state index is 14.6. The first kappa shape index (κ1) is 27.1. The zero-order valence-corrected chi connectivity index (χ0v) is 22.9. The highest BCUT2D eigenvalue weighted by molar-refractivity contribution is 7.89. The molecule has 1 heterocycles. The molecule has 0 spiro atoms. The van der Waals surface area contributed by atoms with Crippen LogP contribution in [0.1, 0.15) is 35.2 Å². The van der Waals surface area contributed by atoms with Crippen LogP contribution in [0.3, 0.4) is 0 Å². The van der Waals surface area contributed by atoms with Crippen LogP contribution < -0.4 is 0 Å².